The van der Waals surface area contributed by atoms with Crippen LogP contribution in [0.25, 0.3) is 0 Å². The van der Waals surface area contributed by atoms with E-state index in [4.69, 9.17) is 34.8 Å². The predicted molar refractivity (Wildman–Crippen MR) is 74.3 cm³/mol. The van der Waals surface area contributed by atoms with Gasteiger partial charge in [-0.1, -0.05) is 34.8 Å². The molecule has 3 rings (SSSR count). The highest BCUT2D eigenvalue weighted by molar-refractivity contribution is 6.41. The molecular weight excluding hydrogens is 277 g/mol. The molecule has 0 amide bonds. The van der Waals surface area contributed by atoms with Gasteiger partial charge in [0, 0.05) is 11.1 Å². The Bertz CT molecular complexity index is 403. The van der Waals surface area contributed by atoms with Gasteiger partial charge in [-0.15, -0.1) is 0 Å². The zero-order valence-electron chi connectivity index (χ0n) is 9.35. The highest BCUT2D eigenvalue weighted by Gasteiger charge is 2.41. The van der Waals surface area contributed by atoms with E-state index in [1.807, 2.05) is 0 Å². The summed E-state index contributed by atoms with van der Waals surface area (Å²) < 4.78 is 0. The number of hydrogen-bond donors (Lipinski definition) is 1. The first-order valence-electron chi connectivity index (χ1n) is 6.06. The van der Waals surface area contributed by atoms with Crippen LogP contribution < -0.4 is 5.32 Å². The lowest BCUT2D eigenvalue weighted by molar-refractivity contribution is 0.568. The third kappa shape index (κ3) is 2.67. The van der Waals surface area contributed by atoms with Gasteiger partial charge in [0.1, 0.15) is 0 Å². The first-order valence-corrected chi connectivity index (χ1v) is 7.19. The molecule has 2 saturated carbocycles. The lowest BCUT2D eigenvalue weighted by Crippen LogP contribution is -2.24. The number of hydrogen-bond acceptors (Lipinski definition) is 1. The zero-order chi connectivity index (χ0) is 12.0. The molecule has 1 aromatic carbocycles. The highest BCUT2D eigenvalue weighted by atomic mass is 35.5. The molecule has 92 valence electrons. The Morgan fingerprint density at radius 1 is 0.941 bits per heavy atom. The van der Waals surface area contributed by atoms with Gasteiger partial charge in [0.05, 0.1) is 15.7 Å². The minimum Gasteiger partial charge on any atom is -0.379 e. The summed E-state index contributed by atoms with van der Waals surface area (Å²) in [4.78, 5) is 0. The number of nitrogens with one attached hydrogen (secondary N) is 1. The van der Waals surface area contributed by atoms with Crippen molar-refractivity contribution in [3.63, 3.8) is 0 Å². The molecule has 0 aromatic heterocycles. The van der Waals surface area contributed by atoms with Crippen molar-refractivity contribution >= 4 is 40.5 Å². The minimum absolute atomic E-state index is 0.547. The Hall–Kier alpha value is -0.110. The highest BCUT2D eigenvalue weighted by Crippen LogP contribution is 2.47. The zero-order valence-corrected chi connectivity index (χ0v) is 11.6. The number of halogens is 3. The largest absolute Gasteiger partial charge is 0.379 e. The summed E-state index contributed by atoms with van der Waals surface area (Å²) >= 11 is 18.3. The predicted octanol–water partition coefficient (Wildman–Crippen LogP) is 5.25. The van der Waals surface area contributed by atoms with Crippen LogP contribution in [0.1, 0.15) is 25.7 Å². The Kier molecular flexibility index (Phi) is 3.18. The van der Waals surface area contributed by atoms with Crippen molar-refractivity contribution in [3.8, 4) is 0 Å². The standard InChI is InChI=1S/C13H14Cl3N/c14-9-5-10(15)13(11(16)6-9)17-12(7-1-2-7)8-3-4-8/h5-8,12,17H,1-4H2. The molecule has 1 N–H and O–H groups in total. The molecule has 2 aliphatic rings. The smallest absolute Gasteiger partial charge is 0.0722 e. The second-order valence-electron chi connectivity index (χ2n) is 5.09. The molecule has 0 radical (unpaired) electrons. The topological polar surface area (TPSA) is 12.0 Å². The van der Waals surface area contributed by atoms with Gasteiger partial charge in [-0.25, -0.2) is 0 Å². The molecule has 0 atom stereocenters. The van der Waals surface area contributed by atoms with Crippen LogP contribution >= 0.6 is 34.8 Å². The Balaban J connectivity index is 1.83. The summed E-state index contributed by atoms with van der Waals surface area (Å²) in [6.45, 7) is 0. The molecule has 0 aliphatic heterocycles. The van der Waals surface area contributed by atoms with Crippen LogP contribution in [0.3, 0.4) is 0 Å². The lowest BCUT2D eigenvalue weighted by Gasteiger charge is -2.21. The van der Waals surface area contributed by atoms with Crippen molar-refractivity contribution in [2.75, 3.05) is 5.32 Å². The van der Waals surface area contributed by atoms with Crippen molar-refractivity contribution in [2.45, 2.75) is 31.7 Å². The Morgan fingerprint density at radius 2 is 1.41 bits per heavy atom. The molecule has 0 saturated heterocycles. The van der Waals surface area contributed by atoms with Gasteiger partial charge in [-0.2, -0.15) is 0 Å². The van der Waals surface area contributed by atoms with E-state index in [2.05, 4.69) is 5.32 Å². The average Bonchev–Trinajstić information content (AvgIpc) is 3.12. The van der Waals surface area contributed by atoms with Crippen LogP contribution in [-0.2, 0) is 0 Å². The number of rotatable bonds is 4. The third-order valence-electron chi connectivity index (χ3n) is 3.58. The van der Waals surface area contributed by atoms with E-state index < -0.39 is 0 Å². The lowest BCUT2D eigenvalue weighted by atomic mass is 10.1. The van der Waals surface area contributed by atoms with E-state index in [-0.39, 0.29) is 0 Å². The van der Waals surface area contributed by atoms with Crippen LogP contribution in [0.4, 0.5) is 5.69 Å². The summed E-state index contributed by atoms with van der Waals surface area (Å²) in [6.07, 6.45) is 5.32. The fraction of sp³-hybridized carbons (Fsp3) is 0.538. The van der Waals surface area contributed by atoms with Crippen molar-refractivity contribution in [1.29, 1.82) is 0 Å². The number of anilines is 1. The summed E-state index contributed by atoms with van der Waals surface area (Å²) in [6, 6.07) is 4.04. The van der Waals surface area contributed by atoms with Crippen LogP contribution in [0, 0.1) is 11.8 Å². The van der Waals surface area contributed by atoms with Gasteiger partial charge in [0.15, 0.2) is 0 Å². The fourth-order valence-electron chi connectivity index (χ4n) is 2.38. The monoisotopic (exact) mass is 289 g/mol. The quantitative estimate of drug-likeness (QED) is 0.799. The minimum atomic E-state index is 0.547. The van der Waals surface area contributed by atoms with E-state index in [1.165, 1.54) is 25.7 Å². The normalized spacial score (nSPS) is 19.8. The van der Waals surface area contributed by atoms with Crippen molar-refractivity contribution in [3.05, 3.63) is 27.2 Å². The number of benzene rings is 1. The van der Waals surface area contributed by atoms with Gasteiger partial charge in [-0.3, -0.25) is 0 Å². The summed E-state index contributed by atoms with van der Waals surface area (Å²) in [5, 5.41) is 5.37. The van der Waals surface area contributed by atoms with Crippen molar-refractivity contribution in [2.24, 2.45) is 11.8 Å². The summed E-state index contributed by atoms with van der Waals surface area (Å²) in [5.41, 5.74) is 0.849. The van der Waals surface area contributed by atoms with Gasteiger partial charge < -0.3 is 5.32 Å². The van der Waals surface area contributed by atoms with Crippen LogP contribution in [0.5, 0.6) is 0 Å². The van der Waals surface area contributed by atoms with E-state index in [9.17, 15) is 0 Å². The molecule has 2 fully saturated rings. The van der Waals surface area contributed by atoms with Gasteiger partial charge in [-0.05, 0) is 49.7 Å². The second kappa shape index (κ2) is 4.53. The van der Waals surface area contributed by atoms with Gasteiger partial charge in [0.25, 0.3) is 0 Å². The molecular formula is C13H14Cl3N. The maximum Gasteiger partial charge on any atom is 0.0722 e. The molecule has 2 aliphatic carbocycles. The molecule has 1 nitrogen and oxygen atoms in total. The first kappa shape index (κ1) is 12.0. The van der Waals surface area contributed by atoms with Crippen LogP contribution in [0.15, 0.2) is 12.1 Å². The van der Waals surface area contributed by atoms with Crippen LogP contribution in [0.2, 0.25) is 15.1 Å². The first-order chi connectivity index (χ1) is 8.15. The maximum atomic E-state index is 6.20. The van der Waals surface area contributed by atoms with Crippen LogP contribution in [-0.4, -0.2) is 6.04 Å². The SMILES string of the molecule is Clc1cc(Cl)c(NC(C2CC2)C2CC2)c(Cl)c1. The molecule has 0 heterocycles. The Labute approximate surface area is 116 Å². The van der Waals surface area contributed by atoms with Gasteiger partial charge >= 0.3 is 0 Å². The van der Waals surface area contributed by atoms with E-state index >= 15 is 0 Å². The van der Waals surface area contributed by atoms with E-state index in [1.54, 1.807) is 12.1 Å². The molecule has 0 bridgehead atoms. The third-order valence-corrected chi connectivity index (χ3v) is 4.39. The summed E-state index contributed by atoms with van der Waals surface area (Å²) in [7, 11) is 0. The molecule has 0 unspecified atom stereocenters. The molecule has 17 heavy (non-hydrogen) atoms. The molecule has 0 spiro atoms. The van der Waals surface area contributed by atoms with Crippen molar-refractivity contribution in [1.82, 2.24) is 0 Å². The second-order valence-corrected chi connectivity index (χ2v) is 6.34. The molecule has 4 heteroatoms. The molecule has 1 aromatic rings. The fourth-order valence-corrected chi connectivity index (χ4v) is 3.30. The van der Waals surface area contributed by atoms with Crippen molar-refractivity contribution < 1.29 is 0 Å². The summed E-state index contributed by atoms with van der Waals surface area (Å²) in [5.74, 6) is 1.62. The Morgan fingerprint density at radius 3 is 1.82 bits per heavy atom. The maximum absolute atomic E-state index is 6.20. The van der Waals surface area contributed by atoms with E-state index in [0.717, 1.165) is 17.5 Å². The average molecular weight is 291 g/mol. The van der Waals surface area contributed by atoms with Gasteiger partial charge in [0.2, 0.25) is 0 Å². The van der Waals surface area contributed by atoms with E-state index in [0.29, 0.717) is 21.1 Å².